The summed E-state index contributed by atoms with van der Waals surface area (Å²) in [7, 11) is 0. The first-order chi connectivity index (χ1) is 18.4. The zero-order chi connectivity index (χ0) is 29.9. The van der Waals surface area contributed by atoms with E-state index in [1.54, 1.807) is 0 Å². The van der Waals surface area contributed by atoms with Gasteiger partial charge in [0.1, 0.15) is 0 Å². The molecule has 0 bridgehead atoms. The molecular weight excluding hydrogens is 565 g/mol. The van der Waals surface area contributed by atoms with Crippen LogP contribution in [0.2, 0.25) is 0 Å². The monoisotopic (exact) mass is 593 g/mol. The van der Waals surface area contributed by atoms with Gasteiger partial charge in [-0.15, -0.1) is 0 Å². The minimum Gasteiger partial charge on any atom is -0.481 e. The third kappa shape index (κ3) is 8.30. The van der Waals surface area contributed by atoms with Crippen LogP contribution < -0.4 is 5.32 Å². The molecule has 2 N–H and O–H groups in total. The first-order valence-electron chi connectivity index (χ1n) is 12.4. The molecule has 226 valence electrons. The number of carboxylic acids is 1. The van der Waals surface area contributed by atoms with Crippen LogP contribution >= 0.6 is 0 Å². The van der Waals surface area contributed by atoms with Crippen molar-refractivity contribution in [2.45, 2.75) is 63.3 Å². The molecule has 1 aromatic carbocycles. The second-order valence-electron chi connectivity index (χ2n) is 10.1. The van der Waals surface area contributed by atoms with Crippen molar-refractivity contribution < 1.29 is 58.9 Å². The third-order valence-electron chi connectivity index (χ3n) is 7.13. The summed E-state index contributed by atoms with van der Waals surface area (Å²) in [4.78, 5) is 25.6. The Balaban J connectivity index is 1.61. The number of amides is 1. The van der Waals surface area contributed by atoms with Gasteiger partial charge in [0, 0.05) is 44.8 Å². The minimum atomic E-state index is -5.81. The number of hydrogen-bond donors (Lipinski definition) is 2. The van der Waals surface area contributed by atoms with Crippen molar-refractivity contribution in [2.24, 2.45) is 5.41 Å². The Bertz CT molecular complexity index is 1040. The van der Waals surface area contributed by atoms with Crippen LogP contribution in [-0.2, 0) is 22.3 Å². The number of carboxylic acid groups (broad SMARTS) is 1. The lowest BCUT2D eigenvalue weighted by Gasteiger charge is -2.39. The van der Waals surface area contributed by atoms with Crippen LogP contribution in [-0.4, -0.2) is 78.1 Å². The number of carbonyl (C=O) groups is 2. The summed E-state index contributed by atoms with van der Waals surface area (Å²) in [6.45, 7) is 1.18. The number of hydrogen-bond acceptors (Lipinski definition) is 5. The van der Waals surface area contributed by atoms with Crippen molar-refractivity contribution in [3.63, 3.8) is 0 Å². The average molecular weight is 593 g/mol. The Morgan fingerprint density at radius 1 is 0.975 bits per heavy atom. The molecule has 1 amide bonds. The fourth-order valence-electron chi connectivity index (χ4n) is 4.99. The first kappa shape index (κ1) is 31.6. The largest absolute Gasteiger partial charge is 0.481 e. The first-order valence-corrected chi connectivity index (χ1v) is 12.4. The highest BCUT2D eigenvalue weighted by atomic mass is 19.4. The lowest BCUT2D eigenvalue weighted by Crippen LogP contribution is -2.50. The van der Waals surface area contributed by atoms with Gasteiger partial charge in [0.25, 0.3) is 6.10 Å². The van der Waals surface area contributed by atoms with Crippen LogP contribution in [0, 0.1) is 5.41 Å². The molecule has 7 nitrogen and oxygen atoms in total. The lowest BCUT2D eigenvalue weighted by molar-refractivity contribution is -0.308. The molecule has 2 aliphatic rings. The van der Waals surface area contributed by atoms with Crippen molar-refractivity contribution in [3.05, 3.63) is 29.3 Å². The van der Waals surface area contributed by atoms with E-state index >= 15 is 0 Å². The molecule has 0 unspecified atom stereocenters. The molecule has 16 heteroatoms. The second-order valence-corrected chi connectivity index (χ2v) is 10.1. The predicted molar refractivity (Wildman–Crippen MR) is 122 cm³/mol. The van der Waals surface area contributed by atoms with E-state index in [9.17, 15) is 49.1 Å². The van der Waals surface area contributed by atoms with Gasteiger partial charge >= 0.3 is 30.6 Å². The van der Waals surface area contributed by atoms with Gasteiger partial charge in [0.05, 0.1) is 5.56 Å². The smallest absolute Gasteiger partial charge is 0.434 e. The number of alkyl halides is 9. The Morgan fingerprint density at radius 2 is 1.57 bits per heavy atom. The lowest BCUT2D eigenvalue weighted by atomic mass is 9.78. The highest BCUT2D eigenvalue weighted by molar-refractivity contribution is 5.68. The number of carbonyl (C=O) groups excluding carboxylic acids is 1. The van der Waals surface area contributed by atoms with Crippen LogP contribution in [0.5, 0.6) is 0 Å². The standard InChI is InChI=1S/C24H28F9N3O4/c25-22(26,27)16-4-3-15(17(12-16)34-8-1-2-18(37)38)13-35-9-5-21(14-35)6-10-36(11-7-21)20(39)40-19(23(28,29)30)24(31,32)33/h3-4,12,19,34H,1-2,5-11,13-14H2,(H,37,38). The van der Waals surface area contributed by atoms with Gasteiger partial charge in [0.15, 0.2) is 0 Å². The van der Waals surface area contributed by atoms with E-state index in [1.165, 1.54) is 6.07 Å². The number of anilines is 1. The minimum absolute atomic E-state index is 0.105. The molecule has 0 atom stereocenters. The third-order valence-corrected chi connectivity index (χ3v) is 7.13. The van der Waals surface area contributed by atoms with Crippen LogP contribution in [0.15, 0.2) is 18.2 Å². The van der Waals surface area contributed by atoms with Gasteiger partial charge in [-0.05, 0) is 55.3 Å². The van der Waals surface area contributed by atoms with Crippen LogP contribution in [0.25, 0.3) is 0 Å². The number of rotatable bonds is 8. The molecule has 0 saturated carbocycles. The summed E-state index contributed by atoms with van der Waals surface area (Å²) < 4.78 is 120. The maximum Gasteiger partial charge on any atom is 0.434 e. The van der Waals surface area contributed by atoms with E-state index in [4.69, 9.17) is 5.11 Å². The Hall–Kier alpha value is -2.91. The molecule has 3 rings (SSSR count). The van der Waals surface area contributed by atoms with Gasteiger partial charge in [-0.25, -0.2) is 4.79 Å². The molecule has 0 aromatic heterocycles. The Labute approximate surface area is 223 Å². The van der Waals surface area contributed by atoms with Gasteiger partial charge in [-0.2, -0.15) is 39.5 Å². The molecule has 2 fully saturated rings. The predicted octanol–water partition coefficient (Wildman–Crippen LogP) is 5.90. The number of ether oxygens (including phenoxy) is 1. The fourth-order valence-corrected chi connectivity index (χ4v) is 4.99. The van der Waals surface area contributed by atoms with Crippen LogP contribution in [0.1, 0.15) is 43.2 Å². The highest BCUT2D eigenvalue weighted by Gasteiger charge is 2.60. The summed E-state index contributed by atoms with van der Waals surface area (Å²) in [6, 6.07) is 3.24. The molecule has 1 spiro atoms. The number of piperidine rings is 1. The number of nitrogens with one attached hydrogen (secondary N) is 1. The number of aliphatic carboxylic acids is 1. The molecule has 2 aliphatic heterocycles. The quantitative estimate of drug-likeness (QED) is 0.289. The van der Waals surface area contributed by atoms with Crippen LogP contribution in [0.3, 0.4) is 0 Å². The summed E-state index contributed by atoms with van der Waals surface area (Å²) in [5.41, 5.74) is -0.479. The molecule has 0 aliphatic carbocycles. The van der Waals surface area contributed by atoms with Gasteiger partial charge < -0.3 is 20.1 Å². The number of likely N-dealkylation sites (tertiary alicyclic amines) is 2. The maximum absolute atomic E-state index is 13.2. The molecular formula is C24H28F9N3O4. The summed E-state index contributed by atoms with van der Waals surface area (Å²) >= 11 is 0. The molecule has 1 aromatic rings. The Kier molecular flexibility index (Phi) is 9.41. The topological polar surface area (TPSA) is 82.1 Å². The van der Waals surface area contributed by atoms with Gasteiger partial charge in [-0.3, -0.25) is 9.69 Å². The van der Waals surface area contributed by atoms with Crippen molar-refractivity contribution >= 4 is 17.7 Å². The van der Waals surface area contributed by atoms with Crippen molar-refractivity contribution in [1.29, 1.82) is 0 Å². The molecule has 2 heterocycles. The van der Waals surface area contributed by atoms with Gasteiger partial charge in [0.2, 0.25) is 0 Å². The van der Waals surface area contributed by atoms with Crippen molar-refractivity contribution in [1.82, 2.24) is 9.80 Å². The normalized spacial score (nSPS) is 18.4. The van der Waals surface area contributed by atoms with Crippen LogP contribution in [0.4, 0.5) is 50.0 Å². The van der Waals surface area contributed by atoms with E-state index < -0.39 is 42.3 Å². The van der Waals surface area contributed by atoms with Crippen molar-refractivity contribution in [3.8, 4) is 0 Å². The summed E-state index contributed by atoms with van der Waals surface area (Å²) in [5.74, 6) is -1.03. The molecule has 2 saturated heterocycles. The zero-order valence-electron chi connectivity index (χ0n) is 21.1. The van der Waals surface area contributed by atoms with E-state index in [0.717, 1.165) is 17.0 Å². The average Bonchev–Trinajstić information content (AvgIpc) is 3.20. The van der Waals surface area contributed by atoms with Gasteiger partial charge in [-0.1, -0.05) is 6.07 Å². The molecule has 0 radical (unpaired) electrons. The number of nitrogens with zero attached hydrogens (tertiary/aromatic N) is 2. The number of halogens is 9. The SMILES string of the molecule is O=C(O)CCCNc1cc(C(F)(F)F)ccc1CN1CCC2(CCN(C(=O)OC(C(F)(F)F)C(F)(F)F)CC2)C1. The second kappa shape index (κ2) is 11.9. The van der Waals surface area contributed by atoms with E-state index in [-0.39, 0.29) is 50.1 Å². The maximum atomic E-state index is 13.2. The van der Waals surface area contributed by atoms with E-state index in [2.05, 4.69) is 10.1 Å². The Morgan fingerprint density at radius 3 is 2.12 bits per heavy atom. The van der Waals surface area contributed by atoms with E-state index in [0.29, 0.717) is 37.9 Å². The summed E-state index contributed by atoms with van der Waals surface area (Å²) in [5, 5.41) is 11.6. The fraction of sp³-hybridized carbons (Fsp3) is 0.667. The highest BCUT2D eigenvalue weighted by Crippen LogP contribution is 2.42. The zero-order valence-corrected chi connectivity index (χ0v) is 21.1. The summed E-state index contributed by atoms with van der Waals surface area (Å²) in [6.07, 6.45) is -20.9. The molecule has 40 heavy (non-hydrogen) atoms. The van der Waals surface area contributed by atoms with E-state index in [1.807, 2.05) is 4.90 Å². The van der Waals surface area contributed by atoms with Crippen molar-refractivity contribution in [2.75, 3.05) is 38.0 Å². The number of benzene rings is 1.